The second-order valence-electron chi connectivity index (χ2n) is 2.73. The van der Waals surface area contributed by atoms with Crippen molar-refractivity contribution >= 4 is 23.1 Å². The molecule has 0 saturated carbocycles. The Morgan fingerprint density at radius 1 is 0.588 bits per heavy atom. The second kappa shape index (κ2) is 17.2. The van der Waals surface area contributed by atoms with E-state index in [1.165, 1.54) is 27.7 Å². The second-order valence-corrected chi connectivity index (χ2v) is 2.73. The molecule has 0 unspecified atom stereocenters. The van der Waals surface area contributed by atoms with E-state index in [1.807, 2.05) is 0 Å². The van der Waals surface area contributed by atoms with Crippen LogP contribution in [0.25, 0.3) is 0 Å². The summed E-state index contributed by atoms with van der Waals surface area (Å²) < 4.78 is 0. The van der Waals surface area contributed by atoms with E-state index in [4.69, 9.17) is 0 Å². The average molecular weight is 293 g/mol. The van der Waals surface area contributed by atoms with Gasteiger partial charge in [0.25, 0.3) is 0 Å². The number of ketones is 4. The van der Waals surface area contributed by atoms with E-state index in [1.54, 1.807) is 0 Å². The normalized spacial score (nSPS) is 6.35. The standard InChI is InChI=1S/2C5H7O2.Ni.2H2O/c2*1-4(6)3-5(2)7;;;/h2*3H,1-2H3;;2*1H2/q2*-1;+2;;. The summed E-state index contributed by atoms with van der Waals surface area (Å²) >= 11 is 0. The average Bonchev–Trinajstić information content (AvgIpc) is 1.79. The number of rotatable bonds is 4. The van der Waals surface area contributed by atoms with Gasteiger partial charge in [-0.3, -0.25) is 12.8 Å². The number of Topliss-reactive ketones (excluding diaryl/α,β-unsaturated/α-hetero) is 4. The molecule has 7 heteroatoms. The van der Waals surface area contributed by atoms with Gasteiger partial charge >= 0.3 is 16.5 Å². The molecule has 0 aromatic rings. The summed E-state index contributed by atoms with van der Waals surface area (Å²) in [6.45, 7) is 5.39. The maximum Gasteiger partial charge on any atom is 2.00 e. The van der Waals surface area contributed by atoms with Crippen molar-refractivity contribution in [2.24, 2.45) is 0 Å². The Hall–Kier alpha value is -1.17. The van der Waals surface area contributed by atoms with Gasteiger partial charge in [0.1, 0.15) is 0 Å². The largest absolute Gasteiger partial charge is 2.00 e. The quantitative estimate of drug-likeness (QED) is 0.377. The molecule has 0 rings (SSSR count). The Morgan fingerprint density at radius 2 is 0.706 bits per heavy atom. The molecule has 0 heterocycles. The van der Waals surface area contributed by atoms with Crippen LogP contribution in [0.4, 0.5) is 0 Å². The third-order valence-electron chi connectivity index (χ3n) is 0.813. The summed E-state index contributed by atoms with van der Waals surface area (Å²) in [5.74, 6) is -0.750. The molecular weight excluding hydrogens is 275 g/mol. The SMILES string of the molecule is CC(=O)[CH-]C(C)=O.CC(=O)[CH-]C(C)=O.O.O.[Ni+2]. The minimum atomic E-state index is -0.187. The van der Waals surface area contributed by atoms with Crippen molar-refractivity contribution in [1.29, 1.82) is 0 Å². The molecule has 0 atom stereocenters. The predicted molar refractivity (Wildman–Crippen MR) is 58.6 cm³/mol. The first-order chi connectivity index (χ1) is 6.25. The summed E-state index contributed by atoms with van der Waals surface area (Å²) in [4.78, 5) is 39.9. The van der Waals surface area contributed by atoms with Crippen LogP contribution in [0, 0.1) is 12.8 Å². The summed E-state index contributed by atoms with van der Waals surface area (Å²) in [6.07, 6.45) is 2.11. The Balaban J connectivity index is -0.0000000480. The molecule has 0 amide bonds. The van der Waals surface area contributed by atoms with Crippen molar-refractivity contribution in [2.45, 2.75) is 27.7 Å². The minimum absolute atomic E-state index is 0. The molecule has 0 aliphatic heterocycles. The van der Waals surface area contributed by atoms with Crippen molar-refractivity contribution in [3.63, 3.8) is 0 Å². The third kappa shape index (κ3) is 52.3. The van der Waals surface area contributed by atoms with E-state index in [0.717, 1.165) is 12.8 Å². The van der Waals surface area contributed by atoms with Crippen molar-refractivity contribution in [2.75, 3.05) is 0 Å². The Bertz CT molecular complexity index is 199. The zero-order valence-electron chi connectivity index (χ0n) is 10.1. The van der Waals surface area contributed by atoms with E-state index in [-0.39, 0.29) is 50.6 Å². The van der Waals surface area contributed by atoms with E-state index in [0.29, 0.717) is 0 Å². The van der Waals surface area contributed by atoms with Gasteiger partial charge in [0.05, 0.1) is 0 Å². The Kier molecular flexibility index (Phi) is 30.1. The molecule has 4 N–H and O–H groups in total. The first kappa shape index (κ1) is 29.7. The monoisotopic (exact) mass is 292 g/mol. The Morgan fingerprint density at radius 3 is 0.706 bits per heavy atom. The van der Waals surface area contributed by atoms with E-state index >= 15 is 0 Å². The van der Waals surface area contributed by atoms with Crippen molar-refractivity contribution in [3.05, 3.63) is 12.8 Å². The molecule has 0 aromatic carbocycles. The molecule has 0 saturated heterocycles. The molecule has 0 fully saturated rings. The molecule has 0 radical (unpaired) electrons. The Labute approximate surface area is 111 Å². The molecule has 0 aliphatic rings. The molecule has 0 bridgehead atoms. The number of hydrogen-bond donors (Lipinski definition) is 0. The van der Waals surface area contributed by atoms with Gasteiger partial charge in [0.15, 0.2) is 0 Å². The van der Waals surface area contributed by atoms with Crippen LogP contribution in [-0.4, -0.2) is 34.1 Å². The van der Waals surface area contributed by atoms with Gasteiger partial charge in [-0.05, 0) is 27.7 Å². The maximum atomic E-state index is 9.98. The van der Waals surface area contributed by atoms with Crippen LogP contribution >= 0.6 is 0 Å². The molecule has 6 nitrogen and oxygen atoms in total. The topological polar surface area (TPSA) is 131 Å². The minimum Gasteiger partial charge on any atom is -0.412 e. The van der Waals surface area contributed by atoms with Gasteiger partial charge in [0, 0.05) is 23.1 Å². The zero-order valence-corrected chi connectivity index (χ0v) is 11.1. The number of carbonyl (C=O) groups excluding carboxylic acids is 4. The van der Waals surface area contributed by atoms with Gasteiger partial charge in [-0.2, -0.15) is 0 Å². The van der Waals surface area contributed by atoms with E-state index < -0.39 is 0 Å². The van der Waals surface area contributed by atoms with Gasteiger partial charge < -0.3 is 30.1 Å². The first-order valence-electron chi connectivity index (χ1n) is 3.97. The summed E-state index contributed by atoms with van der Waals surface area (Å²) in [5.41, 5.74) is 0. The van der Waals surface area contributed by atoms with Gasteiger partial charge in [-0.1, -0.05) is 0 Å². The fourth-order valence-corrected chi connectivity index (χ4v) is 0.572. The van der Waals surface area contributed by atoms with E-state index in [2.05, 4.69) is 0 Å². The van der Waals surface area contributed by atoms with Crippen LogP contribution < -0.4 is 0 Å². The van der Waals surface area contributed by atoms with Crippen LogP contribution in [0.5, 0.6) is 0 Å². The zero-order chi connectivity index (χ0) is 11.7. The van der Waals surface area contributed by atoms with Crippen LogP contribution in [0.2, 0.25) is 0 Å². The number of carbonyl (C=O) groups is 4. The summed E-state index contributed by atoms with van der Waals surface area (Å²) in [6, 6.07) is 0. The molecule has 17 heavy (non-hydrogen) atoms. The molecule has 104 valence electrons. The van der Waals surface area contributed by atoms with Crippen LogP contribution in [-0.2, 0) is 35.7 Å². The predicted octanol–water partition coefficient (Wildman–Crippen LogP) is -0.915. The smallest absolute Gasteiger partial charge is 0.412 e. The van der Waals surface area contributed by atoms with Crippen LogP contribution in [0.3, 0.4) is 0 Å². The van der Waals surface area contributed by atoms with Crippen LogP contribution in [0.15, 0.2) is 0 Å². The first-order valence-corrected chi connectivity index (χ1v) is 3.97. The molecule has 0 aliphatic carbocycles. The van der Waals surface area contributed by atoms with Gasteiger partial charge in [0.2, 0.25) is 0 Å². The van der Waals surface area contributed by atoms with Crippen molar-refractivity contribution in [3.8, 4) is 0 Å². The number of hydrogen-bond acceptors (Lipinski definition) is 4. The van der Waals surface area contributed by atoms with E-state index in [9.17, 15) is 19.2 Å². The van der Waals surface area contributed by atoms with Crippen LogP contribution in [0.1, 0.15) is 27.7 Å². The van der Waals surface area contributed by atoms with Gasteiger partial charge in [-0.15, -0.1) is 0 Å². The molecule has 0 aromatic heterocycles. The maximum absolute atomic E-state index is 9.98. The summed E-state index contributed by atoms with van der Waals surface area (Å²) in [5, 5.41) is 0. The van der Waals surface area contributed by atoms with Crippen molar-refractivity contribution < 1.29 is 46.6 Å². The third-order valence-corrected chi connectivity index (χ3v) is 0.813. The molecular formula is C10H18NiO6. The molecule has 0 spiro atoms. The summed E-state index contributed by atoms with van der Waals surface area (Å²) in [7, 11) is 0. The van der Waals surface area contributed by atoms with Gasteiger partial charge in [-0.25, -0.2) is 0 Å². The fourth-order valence-electron chi connectivity index (χ4n) is 0.572. The fraction of sp³-hybridized carbons (Fsp3) is 0.400. The van der Waals surface area contributed by atoms with Crippen molar-refractivity contribution in [1.82, 2.24) is 0 Å².